The Morgan fingerprint density at radius 2 is 2.00 bits per heavy atom. The Labute approximate surface area is 118 Å². The smallest absolute Gasteiger partial charge is 0.220 e. The third kappa shape index (κ3) is 7.53. The molecular formula is C15H31N3O. The van der Waals surface area contributed by atoms with E-state index >= 15 is 0 Å². The van der Waals surface area contributed by atoms with Crippen LogP contribution < -0.4 is 10.6 Å². The average Bonchev–Trinajstić information content (AvgIpc) is 2.37. The molecule has 0 saturated carbocycles. The van der Waals surface area contributed by atoms with Gasteiger partial charge < -0.3 is 15.5 Å². The highest BCUT2D eigenvalue weighted by atomic mass is 16.1. The molecule has 1 heterocycles. The minimum absolute atomic E-state index is 0.222. The van der Waals surface area contributed by atoms with Crippen LogP contribution in [0.25, 0.3) is 0 Å². The highest BCUT2D eigenvalue weighted by Gasteiger charge is 2.19. The van der Waals surface area contributed by atoms with Crippen LogP contribution in [0.3, 0.4) is 0 Å². The number of hydrogen-bond donors (Lipinski definition) is 2. The van der Waals surface area contributed by atoms with Crippen molar-refractivity contribution in [2.75, 3.05) is 26.2 Å². The van der Waals surface area contributed by atoms with Gasteiger partial charge in [-0.2, -0.15) is 0 Å². The number of amides is 1. The molecule has 19 heavy (non-hydrogen) atoms. The summed E-state index contributed by atoms with van der Waals surface area (Å²) >= 11 is 0. The fraction of sp³-hybridized carbons (Fsp3) is 0.933. The molecule has 0 aliphatic carbocycles. The first-order valence-corrected chi connectivity index (χ1v) is 7.87. The van der Waals surface area contributed by atoms with Gasteiger partial charge in [0, 0.05) is 31.6 Å². The van der Waals surface area contributed by atoms with Crippen molar-refractivity contribution in [2.45, 2.75) is 65.0 Å². The third-order valence-corrected chi connectivity index (χ3v) is 3.63. The number of hydrogen-bond acceptors (Lipinski definition) is 3. The topological polar surface area (TPSA) is 44.4 Å². The molecule has 1 saturated heterocycles. The minimum atomic E-state index is 0.222. The van der Waals surface area contributed by atoms with Crippen molar-refractivity contribution >= 4 is 5.91 Å². The first kappa shape index (κ1) is 16.4. The van der Waals surface area contributed by atoms with Gasteiger partial charge in [0.2, 0.25) is 5.91 Å². The van der Waals surface area contributed by atoms with Crippen molar-refractivity contribution in [1.82, 2.24) is 15.5 Å². The number of carbonyl (C=O) groups is 1. The van der Waals surface area contributed by atoms with Crippen LogP contribution in [0, 0.1) is 0 Å². The zero-order valence-electron chi connectivity index (χ0n) is 12.9. The Hall–Kier alpha value is -0.610. The molecule has 0 spiro atoms. The van der Waals surface area contributed by atoms with E-state index in [-0.39, 0.29) is 5.91 Å². The van der Waals surface area contributed by atoms with Crippen molar-refractivity contribution in [3.05, 3.63) is 0 Å². The monoisotopic (exact) mass is 269 g/mol. The van der Waals surface area contributed by atoms with Crippen molar-refractivity contribution in [3.63, 3.8) is 0 Å². The zero-order chi connectivity index (χ0) is 14.1. The first-order valence-electron chi connectivity index (χ1n) is 7.87. The summed E-state index contributed by atoms with van der Waals surface area (Å²) in [6, 6.07) is 0.907. The number of rotatable bonds is 8. The zero-order valence-corrected chi connectivity index (χ0v) is 12.9. The largest absolute Gasteiger partial charge is 0.353 e. The molecule has 0 aromatic rings. The highest BCUT2D eigenvalue weighted by molar-refractivity contribution is 5.76. The van der Waals surface area contributed by atoms with Crippen LogP contribution in [0.15, 0.2) is 0 Å². The fourth-order valence-electron chi connectivity index (χ4n) is 2.56. The second kappa shape index (κ2) is 9.32. The second-order valence-corrected chi connectivity index (χ2v) is 5.90. The molecule has 1 aliphatic heterocycles. The number of nitrogens with zero attached hydrogens (tertiary/aromatic N) is 1. The lowest BCUT2D eigenvalue weighted by molar-refractivity contribution is -0.122. The maximum absolute atomic E-state index is 11.8. The van der Waals surface area contributed by atoms with E-state index in [9.17, 15) is 4.79 Å². The van der Waals surface area contributed by atoms with Crippen LogP contribution in [0.4, 0.5) is 0 Å². The van der Waals surface area contributed by atoms with E-state index in [1.165, 1.54) is 13.0 Å². The summed E-state index contributed by atoms with van der Waals surface area (Å²) in [4.78, 5) is 14.3. The molecule has 1 fully saturated rings. The predicted molar refractivity (Wildman–Crippen MR) is 80.3 cm³/mol. The van der Waals surface area contributed by atoms with Crippen LogP contribution in [0.1, 0.15) is 52.9 Å². The maximum Gasteiger partial charge on any atom is 0.220 e. The molecule has 0 aromatic carbocycles. The van der Waals surface area contributed by atoms with Gasteiger partial charge in [-0.05, 0) is 38.8 Å². The summed E-state index contributed by atoms with van der Waals surface area (Å²) in [7, 11) is 0. The lowest BCUT2D eigenvalue weighted by atomic mass is 10.0. The molecule has 2 N–H and O–H groups in total. The summed E-state index contributed by atoms with van der Waals surface area (Å²) in [5.74, 6) is 0.222. The standard InChI is InChI=1S/C15H31N3O/c1-4-10-18-11-7-14(8-12-18)17-15(19)6-5-9-16-13(2)3/h13-14,16H,4-12H2,1-3H3,(H,17,19). The van der Waals surface area contributed by atoms with E-state index in [1.54, 1.807) is 0 Å². The summed E-state index contributed by atoms with van der Waals surface area (Å²) in [5, 5.41) is 6.51. The van der Waals surface area contributed by atoms with E-state index < -0.39 is 0 Å². The second-order valence-electron chi connectivity index (χ2n) is 5.90. The van der Waals surface area contributed by atoms with Gasteiger partial charge in [-0.25, -0.2) is 0 Å². The van der Waals surface area contributed by atoms with Gasteiger partial charge in [0.15, 0.2) is 0 Å². The van der Waals surface area contributed by atoms with Crippen LogP contribution >= 0.6 is 0 Å². The summed E-state index contributed by atoms with van der Waals surface area (Å²) < 4.78 is 0. The van der Waals surface area contributed by atoms with Gasteiger partial charge >= 0.3 is 0 Å². The minimum Gasteiger partial charge on any atom is -0.353 e. The normalized spacial score (nSPS) is 17.9. The van der Waals surface area contributed by atoms with E-state index in [0.717, 1.165) is 38.9 Å². The van der Waals surface area contributed by atoms with Crippen molar-refractivity contribution in [1.29, 1.82) is 0 Å². The summed E-state index contributed by atoms with van der Waals surface area (Å²) in [6.07, 6.45) is 5.01. The quantitative estimate of drug-likeness (QED) is 0.660. The van der Waals surface area contributed by atoms with Gasteiger partial charge in [0.25, 0.3) is 0 Å². The average molecular weight is 269 g/mol. The third-order valence-electron chi connectivity index (χ3n) is 3.63. The molecule has 112 valence electrons. The van der Waals surface area contributed by atoms with Crippen molar-refractivity contribution in [2.24, 2.45) is 0 Å². The van der Waals surface area contributed by atoms with Crippen LogP contribution in [-0.4, -0.2) is 49.1 Å². The number of carbonyl (C=O) groups excluding carboxylic acids is 1. The molecule has 0 bridgehead atoms. The Balaban J connectivity index is 2.06. The molecule has 0 atom stereocenters. The van der Waals surface area contributed by atoms with Crippen LogP contribution in [0.2, 0.25) is 0 Å². The molecule has 4 heteroatoms. The number of likely N-dealkylation sites (tertiary alicyclic amines) is 1. The Morgan fingerprint density at radius 3 is 2.58 bits per heavy atom. The van der Waals surface area contributed by atoms with Crippen LogP contribution in [-0.2, 0) is 4.79 Å². The molecule has 0 aromatic heterocycles. The maximum atomic E-state index is 11.8. The summed E-state index contributed by atoms with van der Waals surface area (Å²) in [6.45, 7) is 10.9. The van der Waals surface area contributed by atoms with Gasteiger partial charge in [0.05, 0.1) is 0 Å². The van der Waals surface area contributed by atoms with E-state index in [1.807, 2.05) is 0 Å². The van der Waals surface area contributed by atoms with E-state index in [4.69, 9.17) is 0 Å². The molecule has 4 nitrogen and oxygen atoms in total. The first-order chi connectivity index (χ1) is 9.11. The van der Waals surface area contributed by atoms with E-state index in [2.05, 4.69) is 36.3 Å². The van der Waals surface area contributed by atoms with Gasteiger partial charge in [-0.15, -0.1) is 0 Å². The van der Waals surface area contributed by atoms with Gasteiger partial charge in [-0.1, -0.05) is 20.8 Å². The fourth-order valence-corrected chi connectivity index (χ4v) is 2.56. The number of piperidine rings is 1. The molecule has 0 unspecified atom stereocenters. The highest BCUT2D eigenvalue weighted by Crippen LogP contribution is 2.10. The molecule has 1 amide bonds. The van der Waals surface area contributed by atoms with Crippen LogP contribution in [0.5, 0.6) is 0 Å². The Kier molecular flexibility index (Phi) is 8.07. The van der Waals surface area contributed by atoms with Gasteiger partial charge in [0.1, 0.15) is 0 Å². The Bertz CT molecular complexity index is 248. The van der Waals surface area contributed by atoms with Crippen molar-refractivity contribution in [3.8, 4) is 0 Å². The molecule has 1 aliphatic rings. The lowest BCUT2D eigenvalue weighted by Crippen LogP contribution is -2.44. The van der Waals surface area contributed by atoms with Gasteiger partial charge in [-0.3, -0.25) is 4.79 Å². The van der Waals surface area contributed by atoms with E-state index in [0.29, 0.717) is 18.5 Å². The number of nitrogens with one attached hydrogen (secondary N) is 2. The predicted octanol–water partition coefficient (Wildman–Crippen LogP) is 1.76. The molecular weight excluding hydrogens is 238 g/mol. The SMILES string of the molecule is CCCN1CCC(NC(=O)CCCNC(C)C)CC1. The summed E-state index contributed by atoms with van der Waals surface area (Å²) in [5.41, 5.74) is 0. The van der Waals surface area contributed by atoms with Crippen molar-refractivity contribution < 1.29 is 4.79 Å². The molecule has 0 radical (unpaired) electrons. The lowest BCUT2D eigenvalue weighted by Gasteiger charge is -2.32. The Morgan fingerprint density at radius 1 is 1.32 bits per heavy atom. The molecule has 1 rings (SSSR count).